The smallest absolute Gasteiger partial charge is 0.296 e. The van der Waals surface area contributed by atoms with Crippen LogP contribution in [0.1, 0.15) is 255 Å². The highest BCUT2D eigenvalue weighted by atomic mass is 16.2. The quantitative estimate of drug-likeness (QED) is 0.0307. The van der Waals surface area contributed by atoms with E-state index < -0.39 is 291 Å². The number of carbonyl (C=O) groups is 23. The summed E-state index contributed by atoms with van der Waals surface area (Å²) < 4.78 is 0. The number of primary amides is 1. The molecule has 1 aliphatic rings. The highest BCUT2D eigenvalue weighted by molar-refractivity contribution is 6.03. The number of carbonyl (C=O) groups excluding carboxylic acids is 23. The first-order chi connectivity index (χ1) is 55.9. The molecule has 1 aliphatic heterocycles. The molecule has 121 heavy (non-hydrogen) atoms. The van der Waals surface area contributed by atoms with E-state index in [0.29, 0.717) is 12.8 Å². The van der Waals surface area contributed by atoms with E-state index in [1.807, 2.05) is 5.92 Å². The average molecular weight is 1700 g/mol. The first kappa shape index (κ1) is 108. The lowest BCUT2D eigenvalue weighted by Gasteiger charge is -2.31. The molecule has 1 heterocycles. The molecule has 12 amide bonds. The van der Waals surface area contributed by atoms with Crippen LogP contribution in [0.15, 0.2) is 12.2 Å². The van der Waals surface area contributed by atoms with Gasteiger partial charge in [-0.15, -0.1) is 6.42 Å². The predicted octanol–water partition coefficient (Wildman–Crippen LogP) is 2.22. The summed E-state index contributed by atoms with van der Waals surface area (Å²) in [5, 5.41) is 28.0. The van der Waals surface area contributed by atoms with Crippen LogP contribution in [0.5, 0.6) is 0 Å². The van der Waals surface area contributed by atoms with Crippen LogP contribution in [0, 0.1) is 70.5 Å². The molecule has 13 N–H and O–H groups in total. The van der Waals surface area contributed by atoms with E-state index in [0.717, 1.165) is 0 Å². The average Bonchev–Trinajstić information content (AvgIpc) is 0.831. The van der Waals surface area contributed by atoms with Crippen molar-refractivity contribution < 1.29 is 110 Å². The Kier molecular flexibility index (Phi) is 45.8. The Morgan fingerprint density at radius 1 is 0.380 bits per heavy atom. The molecule has 0 spiro atoms. The van der Waals surface area contributed by atoms with Crippen molar-refractivity contribution in [2.24, 2.45) is 63.9 Å². The van der Waals surface area contributed by atoms with E-state index in [1.54, 1.807) is 12.2 Å². The Morgan fingerprint density at radius 3 is 0.959 bits per heavy atom. The van der Waals surface area contributed by atoms with Gasteiger partial charge in [-0.1, -0.05) is 81.4 Å². The van der Waals surface area contributed by atoms with E-state index in [-0.39, 0.29) is 64.2 Å². The van der Waals surface area contributed by atoms with E-state index in [4.69, 9.17) is 12.2 Å². The van der Waals surface area contributed by atoms with Crippen molar-refractivity contribution in [3.8, 4) is 12.3 Å². The summed E-state index contributed by atoms with van der Waals surface area (Å²) in [6, 6.07) is -12.1. The molecule has 35 nitrogen and oxygen atoms in total. The number of nitrogens with two attached hydrogens (primary N) is 1. The summed E-state index contributed by atoms with van der Waals surface area (Å²) >= 11 is 0. The van der Waals surface area contributed by atoms with Gasteiger partial charge < -0.3 is 64.2 Å². The van der Waals surface area contributed by atoms with Crippen molar-refractivity contribution in [3.63, 3.8) is 0 Å². The number of nitrogens with one attached hydrogen (secondary N) is 11. The molecule has 1 rings (SSSR count). The summed E-state index contributed by atoms with van der Waals surface area (Å²) in [5.74, 6) is -19.7. The van der Waals surface area contributed by atoms with Crippen LogP contribution in [0.2, 0.25) is 0 Å². The molecular weight excluding hydrogens is 1570 g/mol. The number of hydrogen-bond donors (Lipinski definition) is 12. The zero-order valence-electron chi connectivity index (χ0n) is 74.2. The molecule has 0 radical (unpaired) electrons. The monoisotopic (exact) mass is 1700 g/mol. The fourth-order valence-electron chi connectivity index (χ4n) is 12.6. The Morgan fingerprint density at radius 2 is 0.653 bits per heavy atom. The van der Waals surface area contributed by atoms with Gasteiger partial charge in [0, 0.05) is 124 Å². The lowest BCUT2D eigenvalue weighted by molar-refractivity contribution is -0.139. The topological polar surface area (TPSA) is 551 Å². The molecule has 0 saturated carbocycles. The molecule has 0 bridgehead atoms. The van der Waals surface area contributed by atoms with Crippen molar-refractivity contribution in [1.29, 1.82) is 0 Å². The van der Waals surface area contributed by atoms with Gasteiger partial charge in [-0.25, -0.2) is 0 Å². The first-order valence-electron chi connectivity index (χ1n) is 41.5. The maximum atomic E-state index is 14.3. The molecule has 674 valence electrons. The molecule has 0 aliphatic carbocycles. The van der Waals surface area contributed by atoms with Crippen LogP contribution in [0.3, 0.4) is 0 Å². The minimum absolute atomic E-state index is 0.0392. The molecular formula is C86H132N12O23. The second-order valence-corrected chi connectivity index (χ2v) is 33.9. The molecule has 21 atom stereocenters. The summed E-state index contributed by atoms with van der Waals surface area (Å²) in [6.07, 6.45) is 5.29. The molecule has 0 aromatic carbocycles. The van der Waals surface area contributed by atoms with Gasteiger partial charge in [0.1, 0.15) is 0 Å². The molecule has 8 unspecified atom stereocenters. The fraction of sp³-hybridized carbons (Fsp3) is 0.686. The minimum Gasteiger partial charge on any atom is -0.369 e. The van der Waals surface area contributed by atoms with E-state index in [9.17, 15) is 110 Å². The number of hydrogen-bond acceptors (Lipinski definition) is 23. The SMILES string of the molecule is C#CC(=O)N[C@@H](C)C(=O)CC(C)C(=O)N[C@@H](C)C(=O)CC(C)C(=O)N[C@@H](C)C(=O)CC(C)C(=O)N[C@@H](C)C(=O)CC(C)C(=O)N[C@@H](C)C(=O)C[C@@]1(C)CCC/C=C\CC[C@@](C)(C(=O)N[C@@H](C)C(=O)CC(C)C(=O)N[C@@H](C)C(=O)CC(C)C(=O)N[C@@H](C)C(=O)CC(C)C(=O)N[C@@H](C)C(=O)CC(C)C(N)=O)CC(=O)[C@H](C)NC(=O)CCC(=O)[C@H](C)NC1=O. The number of Topliss-reactive ketones (excluding diaryl/α,β-unsaturated/α-hetero) is 11. The molecule has 35 heteroatoms. The van der Waals surface area contributed by atoms with E-state index in [2.05, 4.69) is 58.5 Å². The second kappa shape index (κ2) is 51.2. The normalized spacial score (nSPS) is 21.4. The standard InChI is InChI=1S/C86H132N12O23/c1-23-73(110)88-52(11)64(101)34-44(3)76(113)91-54(13)66(103)36-46(5)78(115)93-56(15)67(104)37-47(6)80(117)94-58(17)69(106)39-49(8)82(119)96-61(20)72(109)42-86(22)32-28-26-24-25-27-31-85(21,41-71(108)60(19)89-74(111)30-29-62(99)51(10)97-83(86)120)84(121)98-59(18)70(107)40-50(9)81(118)95-57(16)68(105)38-48(7)79(116)92-55(14)65(102)35-45(4)77(114)90-53(12)63(100)33-43(2)75(87)112/h1,24-25,43-61H,26-42H2,2-22H3,(H2,87,112)(H,88,110)(H,89,111)(H,90,114)(H,91,113)(H,92,116)(H,93,115)(H,94,117)(H,95,118)(H,96,119)(H,97,120)(H,98,121)/b25-24-/t43?,44?,45?,46?,47?,48?,49?,50?,51-,52-,53-,54-,55-,56-,57-,58-,59-,60-,61-,85+,86+/m0/s1. The number of rotatable bonds is 45. The van der Waals surface area contributed by atoms with Crippen LogP contribution in [-0.2, 0) is 110 Å². The van der Waals surface area contributed by atoms with Crippen LogP contribution in [0.25, 0.3) is 0 Å². The van der Waals surface area contributed by atoms with Crippen molar-refractivity contribution in [2.45, 2.75) is 321 Å². The van der Waals surface area contributed by atoms with Crippen molar-refractivity contribution in [2.75, 3.05) is 0 Å². The first-order valence-corrected chi connectivity index (χ1v) is 41.5. The maximum Gasteiger partial charge on any atom is 0.296 e. The summed E-state index contributed by atoms with van der Waals surface area (Å²) in [4.78, 5) is 303. The van der Waals surface area contributed by atoms with Crippen LogP contribution in [-0.4, -0.2) is 201 Å². The molecule has 0 aromatic heterocycles. The van der Waals surface area contributed by atoms with Gasteiger partial charge in [0.25, 0.3) is 5.91 Å². The second-order valence-electron chi connectivity index (χ2n) is 33.9. The van der Waals surface area contributed by atoms with Crippen LogP contribution in [0.4, 0.5) is 0 Å². The third-order valence-electron chi connectivity index (χ3n) is 22.0. The lowest BCUT2D eigenvalue weighted by atomic mass is 9.77. The Balaban J connectivity index is 3.03. The van der Waals surface area contributed by atoms with Crippen molar-refractivity contribution >= 4 is 135 Å². The molecule has 0 fully saturated rings. The Hall–Kier alpha value is -10.7. The van der Waals surface area contributed by atoms with Crippen molar-refractivity contribution in [1.82, 2.24) is 58.5 Å². The maximum absolute atomic E-state index is 14.3. The number of allylic oxidation sites excluding steroid dienone is 2. The molecule has 0 saturated heterocycles. The van der Waals surface area contributed by atoms with Gasteiger partial charge in [-0.05, 0) is 114 Å². The highest BCUT2D eigenvalue weighted by Gasteiger charge is 2.42. The fourth-order valence-corrected chi connectivity index (χ4v) is 12.6. The van der Waals surface area contributed by atoms with Gasteiger partial charge in [0.05, 0.1) is 77.3 Å². The zero-order valence-corrected chi connectivity index (χ0v) is 74.2. The van der Waals surface area contributed by atoms with Gasteiger partial charge in [-0.2, -0.15) is 0 Å². The zero-order chi connectivity index (χ0) is 93.2. The third-order valence-corrected chi connectivity index (χ3v) is 22.0. The van der Waals surface area contributed by atoms with Crippen LogP contribution >= 0.6 is 0 Å². The van der Waals surface area contributed by atoms with Gasteiger partial charge in [0.2, 0.25) is 65.0 Å². The third kappa shape index (κ3) is 37.9. The summed E-state index contributed by atoms with van der Waals surface area (Å²) in [7, 11) is 0. The van der Waals surface area contributed by atoms with Gasteiger partial charge in [-0.3, -0.25) is 110 Å². The molecule has 0 aromatic rings. The summed E-state index contributed by atoms with van der Waals surface area (Å²) in [6.45, 7) is 30.1. The van der Waals surface area contributed by atoms with Crippen molar-refractivity contribution in [3.05, 3.63) is 12.2 Å². The number of amides is 12. The minimum atomic E-state index is -1.50. The largest absolute Gasteiger partial charge is 0.369 e. The Bertz CT molecular complexity index is 3940. The van der Waals surface area contributed by atoms with E-state index in [1.165, 1.54) is 145 Å². The Labute approximate surface area is 709 Å². The summed E-state index contributed by atoms with van der Waals surface area (Å²) in [5.41, 5.74) is 2.25. The predicted molar refractivity (Wildman–Crippen MR) is 444 cm³/mol. The van der Waals surface area contributed by atoms with Gasteiger partial charge >= 0.3 is 0 Å². The number of terminal acetylenes is 1. The van der Waals surface area contributed by atoms with E-state index >= 15 is 0 Å². The number of ketones is 11. The van der Waals surface area contributed by atoms with Gasteiger partial charge in [0.15, 0.2) is 63.6 Å². The highest BCUT2D eigenvalue weighted by Crippen LogP contribution is 2.33. The van der Waals surface area contributed by atoms with Crippen LogP contribution < -0.4 is 64.2 Å². The lowest BCUT2D eigenvalue weighted by Crippen LogP contribution is -2.50.